The highest BCUT2D eigenvalue weighted by Gasteiger charge is 2.34. The Labute approximate surface area is 161 Å². The Morgan fingerprint density at radius 2 is 1.96 bits per heavy atom. The molecule has 5 rings (SSSR count). The Morgan fingerprint density at radius 1 is 1.11 bits per heavy atom. The van der Waals surface area contributed by atoms with Crippen LogP contribution in [0.5, 0.6) is 0 Å². The smallest absolute Gasteiger partial charge is 0.247 e. The number of carbonyl (C=O) groups is 1. The summed E-state index contributed by atoms with van der Waals surface area (Å²) < 4.78 is 0. The van der Waals surface area contributed by atoms with E-state index in [9.17, 15) is 4.79 Å². The molecular formula is C19H20N8O. The van der Waals surface area contributed by atoms with Crippen molar-refractivity contribution in [3.05, 3.63) is 30.4 Å². The van der Waals surface area contributed by atoms with Crippen LogP contribution in [0, 0.1) is 6.92 Å². The van der Waals surface area contributed by atoms with Gasteiger partial charge in [0.1, 0.15) is 12.0 Å². The maximum atomic E-state index is 12.6. The van der Waals surface area contributed by atoms with Crippen LogP contribution in [-0.2, 0) is 4.79 Å². The zero-order valence-electron chi connectivity index (χ0n) is 15.5. The summed E-state index contributed by atoms with van der Waals surface area (Å²) in [6.45, 7) is 2.19. The molecule has 1 saturated carbocycles. The Hall–Kier alpha value is -3.36. The summed E-state index contributed by atoms with van der Waals surface area (Å²) in [5, 5.41) is 9.77. The zero-order valence-corrected chi connectivity index (χ0v) is 15.5. The fraction of sp³-hybridized carbons (Fsp3) is 0.368. The molecular weight excluding hydrogens is 356 g/mol. The third kappa shape index (κ3) is 2.79. The van der Waals surface area contributed by atoms with Gasteiger partial charge in [-0.25, -0.2) is 19.9 Å². The molecule has 3 aromatic heterocycles. The van der Waals surface area contributed by atoms with Crippen molar-refractivity contribution in [1.82, 2.24) is 30.1 Å². The number of nitrogens with one attached hydrogen (secondary N) is 2. The number of hydrogen-bond donors (Lipinski definition) is 2. The van der Waals surface area contributed by atoms with Crippen LogP contribution in [0.25, 0.3) is 22.8 Å². The number of hydrogen-bond acceptors (Lipinski definition) is 7. The molecule has 0 saturated heterocycles. The molecule has 0 radical (unpaired) electrons. The van der Waals surface area contributed by atoms with Crippen LogP contribution < -0.4 is 10.2 Å². The van der Waals surface area contributed by atoms with Crippen molar-refractivity contribution in [1.29, 1.82) is 0 Å². The molecule has 3 aromatic rings. The van der Waals surface area contributed by atoms with Crippen molar-refractivity contribution >= 4 is 17.5 Å². The van der Waals surface area contributed by atoms with Crippen LogP contribution in [0.2, 0.25) is 0 Å². The molecule has 1 aliphatic heterocycles. The molecule has 0 bridgehead atoms. The van der Waals surface area contributed by atoms with Gasteiger partial charge in [0, 0.05) is 17.3 Å². The number of amides is 1. The van der Waals surface area contributed by atoms with Crippen LogP contribution >= 0.6 is 0 Å². The van der Waals surface area contributed by atoms with Gasteiger partial charge in [0.05, 0.1) is 18.4 Å². The second kappa shape index (κ2) is 6.66. The van der Waals surface area contributed by atoms with Crippen LogP contribution in [0.4, 0.5) is 11.6 Å². The van der Waals surface area contributed by atoms with Crippen molar-refractivity contribution < 1.29 is 4.79 Å². The number of aryl methyl sites for hydroxylation is 1. The average molecular weight is 376 g/mol. The molecule has 2 aliphatic rings. The van der Waals surface area contributed by atoms with E-state index in [4.69, 9.17) is 4.98 Å². The molecule has 142 valence electrons. The van der Waals surface area contributed by atoms with Crippen molar-refractivity contribution in [2.45, 2.75) is 38.6 Å². The van der Waals surface area contributed by atoms with E-state index in [2.05, 4.69) is 30.5 Å². The topological polar surface area (TPSA) is 113 Å². The maximum absolute atomic E-state index is 12.6. The highest BCUT2D eigenvalue weighted by molar-refractivity contribution is 6.01. The van der Waals surface area contributed by atoms with E-state index >= 15 is 0 Å². The first-order valence-electron chi connectivity index (χ1n) is 9.47. The molecule has 0 aromatic carbocycles. The number of rotatable bonds is 3. The number of nitrogens with zero attached hydrogens (tertiary/aromatic N) is 6. The number of aromatic nitrogens is 6. The summed E-state index contributed by atoms with van der Waals surface area (Å²) in [7, 11) is 0. The standard InChI is InChI=1S/C19H20N8O/c1-11-13(6-7-14(24-11)17-22-10-23-26-17)15-8-20-18-19(25-15)27(16(28)9-21-18)12-4-2-3-5-12/h6-8,10,12H,2-5,9H2,1H3,(H,20,21)(H,22,23,26). The molecule has 9 heteroatoms. The van der Waals surface area contributed by atoms with Crippen molar-refractivity contribution in [2.24, 2.45) is 0 Å². The van der Waals surface area contributed by atoms with Crippen molar-refractivity contribution in [2.75, 3.05) is 16.8 Å². The number of aromatic amines is 1. The summed E-state index contributed by atoms with van der Waals surface area (Å²) in [5.74, 6) is 1.97. The maximum Gasteiger partial charge on any atom is 0.247 e. The molecule has 0 spiro atoms. The van der Waals surface area contributed by atoms with Gasteiger partial charge in [-0.3, -0.25) is 14.8 Å². The Balaban J connectivity index is 1.54. The monoisotopic (exact) mass is 376 g/mol. The molecule has 1 amide bonds. The van der Waals surface area contributed by atoms with Gasteiger partial charge in [0.2, 0.25) is 5.91 Å². The van der Waals surface area contributed by atoms with E-state index in [1.165, 1.54) is 6.33 Å². The van der Waals surface area contributed by atoms with Gasteiger partial charge in [0.25, 0.3) is 0 Å². The van der Waals surface area contributed by atoms with Crippen molar-refractivity contribution in [3.8, 4) is 22.8 Å². The lowest BCUT2D eigenvalue weighted by Crippen LogP contribution is -2.46. The fourth-order valence-corrected chi connectivity index (χ4v) is 4.00. The fourth-order valence-electron chi connectivity index (χ4n) is 4.00. The quantitative estimate of drug-likeness (QED) is 0.721. The van der Waals surface area contributed by atoms with E-state index in [0.29, 0.717) is 28.8 Å². The van der Waals surface area contributed by atoms with Crippen LogP contribution in [0.3, 0.4) is 0 Å². The highest BCUT2D eigenvalue weighted by Crippen LogP contribution is 2.35. The second-order valence-corrected chi connectivity index (χ2v) is 7.15. The molecule has 0 atom stereocenters. The molecule has 9 nitrogen and oxygen atoms in total. The van der Waals surface area contributed by atoms with Gasteiger partial charge in [0.15, 0.2) is 17.5 Å². The average Bonchev–Trinajstić information content (AvgIpc) is 3.41. The molecule has 4 heterocycles. The number of carbonyl (C=O) groups excluding carboxylic acids is 1. The second-order valence-electron chi connectivity index (χ2n) is 7.15. The third-order valence-corrected chi connectivity index (χ3v) is 5.37. The third-order valence-electron chi connectivity index (χ3n) is 5.37. The lowest BCUT2D eigenvalue weighted by atomic mass is 10.1. The minimum atomic E-state index is 0.0568. The lowest BCUT2D eigenvalue weighted by molar-refractivity contribution is -0.117. The van der Waals surface area contributed by atoms with E-state index < -0.39 is 0 Å². The Bertz CT molecular complexity index is 1030. The van der Waals surface area contributed by atoms with E-state index in [-0.39, 0.29) is 18.5 Å². The van der Waals surface area contributed by atoms with Gasteiger partial charge < -0.3 is 5.32 Å². The molecule has 28 heavy (non-hydrogen) atoms. The number of pyridine rings is 1. The van der Waals surface area contributed by atoms with Crippen LogP contribution in [0.1, 0.15) is 31.4 Å². The molecule has 0 unspecified atom stereocenters. The first-order valence-corrected chi connectivity index (χ1v) is 9.47. The van der Waals surface area contributed by atoms with Crippen LogP contribution in [0.15, 0.2) is 24.7 Å². The van der Waals surface area contributed by atoms with E-state index in [0.717, 1.165) is 36.9 Å². The summed E-state index contributed by atoms with van der Waals surface area (Å²) >= 11 is 0. The minimum Gasteiger partial charge on any atom is -0.358 e. The van der Waals surface area contributed by atoms with Gasteiger partial charge >= 0.3 is 0 Å². The lowest BCUT2D eigenvalue weighted by Gasteiger charge is -2.33. The SMILES string of the molecule is Cc1nc(-c2ncn[nH]2)ccc1-c1cnc2c(n1)N(C1CCCC1)C(=O)CN2. The number of H-pyrrole nitrogens is 1. The normalized spacial score (nSPS) is 16.9. The summed E-state index contributed by atoms with van der Waals surface area (Å²) in [6.07, 6.45) is 7.52. The Morgan fingerprint density at radius 3 is 2.71 bits per heavy atom. The first-order chi connectivity index (χ1) is 13.7. The first kappa shape index (κ1) is 16.8. The predicted octanol–water partition coefficient (Wildman–Crippen LogP) is 2.33. The van der Waals surface area contributed by atoms with Gasteiger partial charge in [-0.15, -0.1) is 0 Å². The zero-order chi connectivity index (χ0) is 19.1. The predicted molar refractivity (Wildman–Crippen MR) is 104 cm³/mol. The van der Waals surface area contributed by atoms with E-state index in [1.54, 1.807) is 6.20 Å². The highest BCUT2D eigenvalue weighted by atomic mass is 16.2. The Kier molecular flexibility index (Phi) is 4.00. The number of anilines is 2. The summed E-state index contributed by atoms with van der Waals surface area (Å²) in [6, 6.07) is 4.04. The van der Waals surface area contributed by atoms with Gasteiger partial charge in [-0.2, -0.15) is 5.10 Å². The van der Waals surface area contributed by atoms with E-state index in [1.807, 2.05) is 24.0 Å². The largest absolute Gasteiger partial charge is 0.358 e. The molecule has 2 N–H and O–H groups in total. The number of fused-ring (bicyclic) bond motifs is 1. The minimum absolute atomic E-state index is 0.0568. The summed E-state index contributed by atoms with van der Waals surface area (Å²) in [4.78, 5) is 32.6. The van der Waals surface area contributed by atoms with Crippen molar-refractivity contribution in [3.63, 3.8) is 0 Å². The van der Waals surface area contributed by atoms with Gasteiger partial charge in [-0.1, -0.05) is 12.8 Å². The van der Waals surface area contributed by atoms with Crippen LogP contribution in [-0.4, -0.2) is 48.6 Å². The molecule has 1 aliphatic carbocycles. The summed E-state index contributed by atoms with van der Waals surface area (Å²) in [5.41, 5.74) is 3.11. The molecule has 1 fully saturated rings. The van der Waals surface area contributed by atoms with Gasteiger partial charge in [-0.05, 0) is 31.9 Å².